The number of hydrogen-bond donors (Lipinski definition) is 2. The molecule has 0 atom stereocenters. The van der Waals surface area contributed by atoms with E-state index in [4.69, 9.17) is 0 Å². The van der Waals surface area contributed by atoms with Crippen LogP contribution in [-0.2, 0) is 14.8 Å². The molecule has 0 spiro atoms. The Morgan fingerprint density at radius 2 is 1.74 bits per heavy atom. The Morgan fingerprint density at radius 3 is 2.45 bits per heavy atom. The first-order valence-electron chi connectivity index (χ1n) is 9.31. The third-order valence-corrected chi connectivity index (χ3v) is 7.10. The summed E-state index contributed by atoms with van der Waals surface area (Å²) in [5.74, 6) is -1.12. The topological polar surface area (TPSA) is 108 Å². The second-order valence-electron chi connectivity index (χ2n) is 6.87. The van der Waals surface area contributed by atoms with Crippen molar-refractivity contribution in [1.29, 1.82) is 0 Å². The van der Waals surface area contributed by atoms with Crippen molar-refractivity contribution >= 4 is 38.3 Å². The third kappa shape index (κ3) is 5.16. The van der Waals surface area contributed by atoms with Crippen LogP contribution in [0.25, 0.3) is 11.3 Å². The smallest absolute Gasteiger partial charge is 0.253 e. The number of sulfonamides is 1. The number of nitrogens with one attached hydrogen (secondary N) is 2. The van der Waals surface area contributed by atoms with E-state index >= 15 is 0 Å². The number of carbonyl (C=O) groups is 2. The number of amides is 2. The number of anilines is 1. The Kier molecular flexibility index (Phi) is 6.84. The SMILES string of the molecule is Cc1ccccc1-c1csc(NC(=O)CNC(=O)c2ccccc2S(=O)(=O)N(C)C)n1. The van der Waals surface area contributed by atoms with Gasteiger partial charge >= 0.3 is 0 Å². The maximum atomic E-state index is 12.5. The van der Waals surface area contributed by atoms with Gasteiger partial charge < -0.3 is 10.6 Å². The average molecular weight is 459 g/mol. The number of thiazole rings is 1. The van der Waals surface area contributed by atoms with Crippen molar-refractivity contribution in [3.63, 3.8) is 0 Å². The molecule has 8 nitrogen and oxygen atoms in total. The third-order valence-electron chi connectivity index (χ3n) is 4.47. The molecule has 0 fully saturated rings. The number of aryl methyl sites for hydroxylation is 1. The first-order valence-corrected chi connectivity index (χ1v) is 11.6. The van der Waals surface area contributed by atoms with Gasteiger partial charge in [0.1, 0.15) is 0 Å². The fourth-order valence-corrected chi connectivity index (χ4v) is 4.62. The molecule has 0 unspecified atom stereocenters. The molecule has 0 aliphatic carbocycles. The summed E-state index contributed by atoms with van der Waals surface area (Å²) in [6, 6.07) is 13.7. The largest absolute Gasteiger partial charge is 0.343 e. The molecule has 2 aromatic carbocycles. The van der Waals surface area contributed by atoms with Crippen LogP contribution in [0.2, 0.25) is 0 Å². The van der Waals surface area contributed by atoms with Crippen LogP contribution in [0.4, 0.5) is 5.13 Å². The van der Waals surface area contributed by atoms with Crippen molar-refractivity contribution in [3.8, 4) is 11.3 Å². The van der Waals surface area contributed by atoms with Crippen LogP contribution in [0, 0.1) is 6.92 Å². The number of hydrogen-bond acceptors (Lipinski definition) is 6. The number of nitrogens with zero attached hydrogens (tertiary/aromatic N) is 2. The predicted octanol–water partition coefficient (Wildman–Crippen LogP) is 2.74. The molecule has 0 saturated carbocycles. The van der Waals surface area contributed by atoms with Gasteiger partial charge in [0.15, 0.2) is 5.13 Å². The molecule has 31 heavy (non-hydrogen) atoms. The normalized spacial score (nSPS) is 11.4. The van der Waals surface area contributed by atoms with Crippen molar-refractivity contribution in [2.75, 3.05) is 26.0 Å². The van der Waals surface area contributed by atoms with E-state index in [0.717, 1.165) is 21.1 Å². The standard InChI is InChI=1S/C21H22N4O4S2/c1-14-8-4-5-9-15(14)17-13-30-21(23-17)24-19(26)12-22-20(27)16-10-6-7-11-18(16)31(28,29)25(2)3/h4-11,13H,12H2,1-3H3,(H,22,27)(H,23,24,26). The van der Waals surface area contributed by atoms with E-state index in [9.17, 15) is 18.0 Å². The molecule has 1 heterocycles. The zero-order valence-corrected chi connectivity index (χ0v) is 18.9. The van der Waals surface area contributed by atoms with Crippen LogP contribution in [0.5, 0.6) is 0 Å². The molecule has 0 bridgehead atoms. The molecule has 2 amide bonds. The number of rotatable bonds is 7. The van der Waals surface area contributed by atoms with E-state index in [1.54, 1.807) is 6.07 Å². The van der Waals surface area contributed by atoms with Crippen LogP contribution in [0.1, 0.15) is 15.9 Å². The molecule has 2 N–H and O–H groups in total. The Morgan fingerprint density at radius 1 is 1.06 bits per heavy atom. The lowest BCUT2D eigenvalue weighted by Gasteiger charge is -2.14. The van der Waals surface area contributed by atoms with Gasteiger partial charge in [0.05, 0.1) is 22.7 Å². The Bertz CT molecular complexity index is 1220. The van der Waals surface area contributed by atoms with E-state index in [0.29, 0.717) is 5.13 Å². The van der Waals surface area contributed by atoms with E-state index < -0.39 is 21.8 Å². The van der Waals surface area contributed by atoms with Gasteiger partial charge in [0, 0.05) is 25.0 Å². The first-order chi connectivity index (χ1) is 14.7. The predicted molar refractivity (Wildman–Crippen MR) is 121 cm³/mol. The highest BCUT2D eigenvalue weighted by atomic mass is 32.2. The Balaban J connectivity index is 1.65. The van der Waals surface area contributed by atoms with Crippen LogP contribution in [0.15, 0.2) is 58.8 Å². The lowest BCUT2D eigenvalue weighted by atomic mass is 10.1. The maximum Gasteiger partial charge on any atom is 0.253 e. The van der Waals surface area contributed by atoms with E-state index in [2.05, 4.69) is 15.6 Å². The minimum atomic E-state index is -3.80. The summed E-state index contributed by atoms with van der Waals surface area (Å²) in [6.45, 7) is 1.66. The van der Waals surface area contributed by atoms with Gasteiger partial charge in [-0.05, 0) is 24.6 Å². The number of benzene rings is 2. The number of carbonyl (C=O) groups excluding carboxylic acids is 2. The minimum Gasteiger partial charge on any atom is -0.343 e. The fraction of sp³-hybridized carbons (Fsp3) is 0.190. The van der Waals surface area contributed by atoms with Crippen molar-refractivity contribution in [2.24, 2.45) is 0 Å². The minimum absolute atomic E-state index is 0.0277. The van der Waals surface area contributed by atoms with Crippen molar-refractivity contribution in [3.05, 3.63) is 65.0 Å². The van der Waals surface area contributed by atoms with Crippen LogP contribution in [-0.4, -0.2) is 50.2 Å². The molecular formula is C21H22N4O4S2. The number of aromatic nitrogens is 1. The van der Waals surface area contributed by atoms with Gasteiger partial charge in [-0.3, -0.25) is 9.59 Å². The zero-order chi connectivity index (χ0) is 22.6. The summed E-state index contributed by atoms with van der Waals surface area (Å²) in [7, 11) is -1.03. The summed E-state index contributed by atoms with van der Waals surface area (Å²) >= 11 is 1.28. The quantitative estimate of drug-likeness (QED) is 0.566. The monoisotopic (exact) mass is 458 g/mol. The lowest BCUT2D eigenvalue weighted by molar-refractivity contribution is -0.115. The second-order valence-corrected chi connectivity index (χ2v) is 9.85. The molecule has 1 aromatic heterocycles. The second kappa shape index (κ2) is 9.38. The van der Waals surface area contributed by atoms with Gasteiger partial charge in [-0.15, -0.1) is 11.3 Å². The summed E-state index contributed by atoms with van der Waals surface area (Å²) in [6.07, 6.45) is 0. The van der Waals surface area contributed by atoms with Gasteiger partial charge in [-0.1, -0.05) is 36.4 Å². The summed E-state index contributed by atoms with van der Waals surface area (Å²) in [5, 5.41) is 7.37. The Labute approximate surface area is 185 Å². The molecule has 0 saturated heterocycles. The molecule has 3 rings (SSSR count). The summed E-state index contributed by atoms with van der Waals surface area (Å²) in [5.41, 5.74) is 2.78. The molecule has 10 heteroatoms. The lowest BCUT2D eigenvalue weighted by Crippen LogP contribution is -2.34. The van der Waals surface area contributed by atoms with Gasteiger partial charge in [-0.25, -0.2) is 17.7 Å². The highest BCUT2D eigenvalue weighted by molar-refractivity contribution is 7.89. The Hall–Kier alpha value is -3.08. The van der Waals surface area contributed by atoms with Crippen molar-refractivity contribution in [1.82, 2.24) is 14.6 Å². The van der Waals surface area contributed by atoms with E-state index in [1.165, 1.54) is 43.6 Å². The zero-order valence-electron chi connectivity index (χ0n) is 17.2. The summed E-state index contributed by atoms with van der Waals surface area (Å²) < 4.78 is 25.9. The molecular weight excluding hydrogens is 436 g/mol. The van der Waals surface area contributed by atoms with Crippen LogP contribution < -0.4 is 10.6 Å². The van der Waals surface area contributed by atoms with Crippen LogP contribution in [0.3, 0.4) is 0 Å². The molecule has 0 radical (unpaired) electrons. The first kappa shape index (κ1) is 22.6. The highest BCUT2D eigenvalue weighted by Crippen LogP contribution is 2.27. The molecule has 0 aliphatic rings. The maximum absolute atomic E-state index is 12.5. The summed E-state index contributed by atoms with van der Waals surface area (Å²) in [4.78, 5) is 29.1. The van der Waals surface area contributed by atoms with E-state index in [1.807, 2.05) is 36.6 Å². The van der Waals surface area contributed by atoms with Gasteiger partial charge in [0.2, 0.25) is 15.9 Å². The van der Waals surface area contributed by atoms with Gasteiger partial charge in [-0.2, -0.15) is 0 Å². The highest BCUT2D eigenvalue weighted by Gasteiger charge is 2.24. The van der Waals surface area contributed by atoms with Crippen LogP contribution >= 0.6 is 11.3 Å². The molecule has 0 aliphatic heterocycles. The van der Waals surface area contributed by atoms with Gasteiger partial charge in [0.25, 0.3) is 5.91 Å². The fourth-order valence-electron chi connectivity index (χ4n) is 2.81. The molecule has 3 aromatic rings. The van der Waals surface area contributed by atoms with Crippen molar-refractivity contribution < 1.29 is 18.0 Å². The average Bonchev–Trinajstić information content (AvgIpc) is 3.20. The molecule has 162 valence electrons. The van der Waals surface area contributed by atoms with Crippen molar-refractivity contribution in [2.45, 2.75) is 11.8 Å². The van der Waals surface area contributed by atoms with E-state index in [-0.39, 0.29) is 17.0 Å².